The summed E-state index contributed by atoms with van der Waals surface area (Å²) in [5.41, 5.74) is 2.72. The Bertz CT molecular complexity index is 1140. The van der Waals surface area contributed by atoms with Crippen LogP contribution in [0, 0.1) is 6.92 Å². The van der Waals surface area contributed by atoms with Crippen LogP contribution < -0.4 is 10.4 Å². The first-order chi connectivity index (χ1) is 14.0. The molecule has 1 aliphatic heterocycles. The average molecular weight is 414 g/mol. The fourth-order valence-electron chi connectivity index (χ4n) is 3.62. The lowest BCUT2D eigenvalue weighted by atomic mass is 10.00. The summed E-state index contributed by atoms with van der Waals surface area (Å²) in [6.45, 7) is 3.39. The average Bonchev–Trinajstić information content (AvgIpc) is 2.73. The Balaban J connectivity index is 1.77. The minimum Gasteiger partial charge on any atom is -0.476 e. The van der Waals surface area contributed by atoms with Gasteiger partial charge in [0.15, 0.2) is 0 Å². The van der Waals surface area contributed by atoms with Gasteiger partial charge >= 0.3 is 11.6 Å². The first kappa shape index (κ1) is 19.5. The molecule has 0 saturated carbocycles. The van der Waals surface area contributed by atoms with E-state index >= 15 is 0 Å². The Morgan fingerprint density at radius 2 is 2.03 bits per heavy atom. The second kappa shape index (κ2) is 7.89. The zero-order valence-corrected chi connectivity index (χ0v) is 16.9. The fraction of sp³-hybridized carbons (Fsp3) is 0.273. The molecule has 0 spiro atoms. The van der Waals surface area contributed by atoms with Crippen LogP contribution in [-0.4, -0.2) is 24.7 Å². The summed E-state index contributed by atoms with van der Waals surface area (Å²) >= 11 is 6.47. The van der Waals surface area contributed by atoms with Crippen molar-refractivity contribution < 1.29 is 18.7 Å². The van der Waals surface area contributed by atoms with Crippen molar-refractivity contribution in [2.75, 3.05) is 13.8 Å². The van der Waals surface area contributed by atoms with E-state index in [1.54, 1.807) is 13.0 Å². The van der Waals surface area contributed by atoms with Crippen molar-refractivity contribution in [3.63, 3.8) is 0 Å². The van der Waals surface area contributed by atoms with Gasteiger partial charge in [-0.25, -0.2) is 4.79 Å². The van der Waals surface area contributed by atoms with Crippen LogP contribution in [0.3, 0.4) is 0 Å². The van der Waals surface area contributed by atoms with Crippen LogP contribution in [0.2, 0.25) is 5.02 Å². The number of halogens is 1. The highest BCUT2D eigenvalue weighted by molar-refractivity contribution is 6.33. The molecule has 0 bridgehead atoms. The van der Waals surface area contributed by atoms with E-state index in [9.17, 15) is 9.59 Å². The Morgan fingerprint density at radius 1 is 1.28 bits per heavy atom. The summed E-state index contributed by atoms with van der Waals surface area (Å²) in [6.07, 6.45) is -0.147. The topological polar surface area (TPSA) is 69.0 Å². The van der Waals surface area contributed by atoms with E-state index in [1.807, 2.05) is 18.2 Å². The second-order valence-electron chi connectivity index (χ2n) is 7.03. The number of hydrogen-bond donors (Lipinski definition) is 0. The van der Waals surface area contributed by atoms with Gasteiger partial charge in [-0.3, -0.25) is 9.69 Å². The molecule has 0 aliphatic carbocycles. The Hall–Kier alpha value is -2.83. The Morgan fingerprint density at radius 3 is 2.76 bits per heavy atom. The number of carbonyl (C=O) groups excluding carboxylic acids is 1. The van der Waals surface area contributed by atoms with Crippen LogP contribution in [0.4, 0.5) is 0 Å². The van der Waals surface area contributed by atoms with Gasteiger partial charge in [-0.05, 0) is 24.1 Å². The molecule has 7 heteroatoms. The molecule has 0 atom stereocenters. The molecule has 1 aliphatic rings. The molecule has 0 N–H and O–H groups in total. The van der Waals surface area contributed by atoms with Crippen molar-refractivity contribution in [3.8, 4) is 5.75 Å². The van der Waals surface area contributed by atoms with Gasteiger partial charge in [0.05, 0.1) is 29.7 Å². The summed E-state index contributed by atoms with van der Waals surface area (Å²) in [5.74, 6) is 0.0351. The van der Waals surface area contributed by atoms with E-state index in [4.69, 9.17) is 20.8 Å². The van der Waals surface area contributed by atoms with Gasteiger partial charge in [-0.1, -0.05) is 41.9 Å². The molecule has 0 fully saturated rings. The van der Waals surface area contributed by atoms with E-state index in [1.165, 1.54) is 7.11 Å². The SMILES string of the molecule is COC(=O)Cc1c(C)c2cc(Cl)c3c(c2oc1=O)CN(Cc1ccccc1)CO3. The Kier molecular flexibility index (Phi) is 5.30. The highest BCUT2D eigenvalue weighted by Crippen LogP contribution is 2.40. The molecule has 1 aromatic heterocycles. The number of hydrogen-bond acceptors (Lipinski definition) is 6. The van der Waals surface area contributed by atoms with Gasteiger partial charge in [-0.2, -0.15) is 0 Å². The molecule has 0 amide bonds. The number of esters is 1. The van der Waals surface area contributed by atoms with E-state index < -0.39 is 11.6 Å². The first-order valence-corrected chi connectivity index (χ1v) is 9.59. The van der Waals surface area contributed by atoms with Crippen LogP contribution in [0.25, 0.3) is 11.0 Å². The zero-order chi connectivity index (χ0) is 20.5. The van der Waals surface area contributed by atoms with Crippen molar-refractivity contribution in [1.29, 1.82) is 0 Å². The summed E-state index contributed by atoms with van der Waals surface area (Å²) in [6, 6.07) is 11.8. The Labute approximate surface area is 172 Å². The third-order valence-electron chi connectivity index (χ3n) is 5.15. The fourth-order valence-corrected chi connectivity index (χ4v) is 3.90. The molecule has 0 saturated heterocycles. The maximum absolute atomic E-state index is 12.6. The van der Waals surface area contributed by atoms with Crippen molar-refractivity contribution >= 4 is 28.5 Å². The summed E-state index contributed by atoms with van der Waals surface area (Å²) < 4.78 is 16.2. The number of nitrogens with zero attached hydrogens (tertiary/aromatic N) is 1. The van der Waals surface area contributed by atoms with Gasteiger partial charge in [0.1, 0.15) is 18.1 Å². The molecule has 150 valence electrons. The van der Waals surface area contributed by atoms with Gasteiger partial charge in [0.2, 0.25) is 0 Å². The highest BCUT2D eigenvalue weighted by atomic mass is 35.5. The lowest BCUT2D eigenvalue weighted by molar-refractivity contribution is -0.139. The maximum atomic E-state index is 12.6. The molecule has 3 aromatic rings. The third-order valence-corrected chi connectivity index (χ3v) is 5.43. The van der Waals surface area contributed by atoms with E-state index in [0.717, 1.165) is 11.1 Å². The van der Waals surface area contributed by atoms with Crippen molar-refractivity contribution in [1.82, 2.24) is 4.90 Å². The normalized spacial score (nSPS) is 13.8. The van der Waals surface area contributed by atoms with E-state index in [-0.39, 0.29) is 12.0 Å². The highest BCUT2D eigenvalue weighted by Gasteiger charge is 2.26. The summed E-state index contributed by atoms with van der Waals surface area (Å²) in [4.78, 5) is 26.4. The number of aryl methyl sites for hydroxylation is 1. The predicted molar refractivity (Wildman–Crippen MR) is 109 cm³/mol. The second-order valence-corrected chi connectivity index (χ2v) is 7.44. The number of benzene rings is 2. The van der Waals surface area contributed by atoms with E-state index in [2.05, 4.69) is 21.8 Å². The van der Waals surface area contributed by atoms with Crippen LogP contribution in [0.1, 0.15) is 22.3 Å². The lowest BCUT2D eigenvalue weighted by Crippen LogP contribution is -2.32. The van der Waals surface area contributed by atoms with Gasteiger partial charge in [0, 0.05) is 18.5 Å². The van der Waals surface area contributed by atoms with Gasteiger partial charge in [0.25, 0.3) is 0 Å². The standard InChI is InChI=1S/C22H20ClNO5/c1-13-15-8-18(23)21-17(20(15)29-22(26)16(13)9-19(25)27-2)11-24(12-28-21)10-14-6-4-3-5-7-14/h3-8H,9-12H2,1-2H3. The molecule has 2 aromatic carbocycles. The van der Waals surface area contributed by atoms with Crippen LogP contribution in [-0.2, 0) is 29.0 Å². The number of fused-ring (bicyclic) bond motifs is 3. The molecule has 0 unspecified atom stereocenters. The molecular weight excluding hydrogens is 394 g/mol. The quantitative estimate of drug-likeness (QED) is 0.478. The minimum absolute atomic E-state index is 0.147. The summed E-state index contributed by atoms with van der Waals surface area (Å²) in [5, 5.41) is 1.14. The molecule has 29 heavy (non-hydrogen) atoms. The van der Waals surface area contributed by atoms with Crippen molar-refractivity contribution in [2.45, 2.75) is 26.4 Å². The smallest absolute Gasteiger partial charge is 0.340 e. The monoisotopic (exact) mass is 413 g/mol. The largest absolute Gasteiger partial charge is 0.476 e. The zero-order valence-electron chi connectivity index (χ0n) is 16.2. The van der Waals surface area contributed by atoms with Crippen LogP contribution in [0.15, 0.2) is 45.6 Å². The van der Waals surface area contributed by atoms with Gasteiger partial charge < -0.3 is 13.9 Å². The molecular formula is C22H20ClNO5. The first-order valence-electron chi connectivity index (χ1n) is 9.21. The minimum atomic E-state index is -0.551. The number of methoxy groups -OCH3 is 1. The lowest BCUT2D eigenvalue weighted by Gasteiger charge is -2.30. The molecule has 4 rings (SSSR count). The van der Waals surface area contributed by atoms with Crippen LogP contribution >= 0.6 is 11.6 Å². The van der Waals surface area contributed by atoms with Crippen LogP contribution in [0.5, 0.6) is 5.75 Å². The number of rotatable bonds is 4. The predicted octanol–water partition coefficient (Wildman–Crippen LogP) is 3.82. The number of carbonyl (C=O) groups is 1. The number of ether oxygens (including phenoxy) is 2. The molecule has 0 radical (unpaired) electrons. The van der Waals surface area contributed by atoms with E-state index in [0.29, 0.717) is 47.1 Å². The maximum Gasteiger partial charge on any atom is 0.340 e. The van der Waals surface area contributed by atoms with Crippen molar-refractivity contribution in [2.24, 2.45) is 0 Å². The third kappa shape index (κ3) is 3.73. The van der Waals surface area contributed by atoms with Gasteiger partial charge in [-0.15, -0.1) is 0 Å². The summed E-state index contributed by atoms with van der Waals surface area (Å²) in [7, 11) is 1.28. The molecule has 6 nitrogen and oxygen atoms in total. The van der Waals surface area contributed by atoms with Crippen molar-refractivity contribution in [3.05, 3.63) is 74.1 Å². The molecule has 2 heterocycles.